The fourth-order valence-corrected chi connectivity index (χ4v) is 5.72. The van der Waals surface area contributed by atoms with Crippen LogP contribution in [0.1, 0.15) is 32.4 Å². The maximum atomic E-state index is 13.4. The lowest BCUT2D eigenvalue weighted by molar-refractivity contribution is -0.162. The molecule has 1 unspecified atom stereocenters. The molecule has 32 heavy (non-hydrogen) atoms. The highest BCUT2D eigenvalue weighted by atomic mass is 32.2. The van der Waals surface area contributed by atoms with Gasteiger partial charge in [0.1, 0.15) is 35.5 Å². The average molecular weight is 461 g/mol. The Labute approximate surface area is 188 Å². The molecule has 0 bridgehead atoms. The number of ether oxygens (including phenoxy) is 1. The van der Waals surface area contributed by atoms with Gasteiger partial charge in [-0.15, -0.1) is 11.8 Å². The first-order valence-corrected chi connectivity index (χ1v) is 11.0. The highest BCUT2D eigenvalue weighted by molar-refractivity contribution is 8.00. The predicted molar refractivity (Wildman–Crippen MR) is 113 cm³/mol. The molecule has 2 saturated heterocycles. The summed E-state index contributed by atoms with van der Waals surface area (Å²) in [5, 5.41) is 21.9. The third kappa shape index (κ3) is 3.51. The lowest BCUT2D eigenvalue weighted by Gasteiger charge is -2.54. The molecule has 3 aliphatic heterocycles. The van der Waals surface area contributed by atoms with Gasteiger partial charge >= 0.3 is 11.9 Å². The van der Waals surface area contributed by atoms with Crippen molar-refractivity contribution in [2.75, 3.05) is 12.4 Å². The van der Waals surface area contributed by atoms with Crippen molar-refractivity contribution < 1.29 is 34.1 Å². The van der Waals surface area contributed by atoms with Gasteiger partial charge in [-0.1, -0.05) is 12.1 Å². The molecule has 3 N–H and O–H groups in total. The molecule has 3 aliphatic rings. The maximum Gasteiger partial charge on any atom is 0.352 e. The third-order valence-corrected chi connectivity index (χ3v) is 7.09. The molecule has 0 radical (unpaired) electrons. The Morgan fingerprint density at radius 3 is 2.47 bits per heavy atom. The molecule has 2 fully saturated rings. The van der Waals surface area contributed by atoms with Gasteiger partial charge in [0, 0.05) is 18.2 Å². The number of carbonyl (C=O) groups excluding carboxylic acids is 3. The number of amides is 2. The van der Waals surface area contributed by atoms with E-state index in [9.17, 15) is 29.4 Å². The zero-order chi connectivity index (χ0) is 23.4. The van der Waals surface area contributed by atoms with Gasteiger partial charge in [-0.05, 0) is 31.5 Å². The number of phenolic OH excluding ortho intramolecular Hbond substituents is 1. The Morgan fingerprint density at radius 2 is 1.88 bits per heavy atom. The van der Waals surface area contributed by atoms with Gasteiger partial charge in [-0.25, -0.2) is 4.79 Å². The number of phenols is 1. The summed E-state index contributed by atoms with van der Waals surface area (Å²) in [4.78, 5) is 52.2. The van der Waals surface area contributed by atoms with Gasteiger partial charge in [-0.3, -0.25) is 24.6 Å². The molecule has 3 atom stereocenters. The average Bonchev–Trinajstić information content (AvgIpc) is 2.95. The quantitative estimate of drug-likeness (QED) is 0.429. The summed E-state index contributed by atoms with van der Waals surface area (Å²) in [5.74, 6) is -2.28. The fraction of sp³-hybridized carbons (Fsp3) is 0.429. The smallest absolute Gasteiger partial charge is 0.352 e. The van der Waals surface area contributed by atoms with E-state index in [2.05, 4.69) is 5.32 Å². The minimum atomic E-state index is -1.28. The standard InChI is InChI=1S/C21H23N3O7S/c1-10(25)31-8-12-9-32-19-16(18(28)23(19)15(12)20(29)30)24-17(27)14(22-21(24,2)3)11-4-6-13(26)7-5-11/h4-7,14,16,19,22,26H,8-9H2,1-3H3,(H,29,30)/t14?,16-,19-/m1/s1. The van der Waals surface area contributed by atoms with Crippen LogP contribution in [0.2, 0.25) is 0 Å². The lowest BCUT2D eigenvalue weighted by Crippen LogP contribution is -2.73. The molecule has 3 heterocycles. The number of fused-ring (bicyclic) bond motifs is 1. The summed E-state index contributed by atoms with van der Waals surface area (Å²) >= 11 is 1.33. The normalized spacial score (nSPS) is 26.7. The summed E-state index contributed by atoms with van der Waals surface area (Å²) in [6.07, 6.45) is 0. The van der Waals surface area contributed by atoms with Gasteiger partial charge in [0.2, 0.25) is 5.91 Å². The lowest BCUT2D eigenvalue weighted by atomic mass is 9.98. The highest BCUT2D eigenvalue weighted by Crippen LogP contribution is 2.46. The molecule has 11 heteroatoms. The fourth-order valence-electron chi connectivity index (χ4n) is 4.34. The molecular formula is C21H23N3O7S. The van der Waals surface area contributed by atoms with Crippen LogP contribution >= 0.6 is 11.8 Å². The monoisotopic (exact) mass is 461 g/mol. The number of rotatable bonds is 5. The van der Waals surface area contributed by atoms with Gasteiger partial charge in [0.15, 0.2) is 0 Å². The van der Waals surface area contributed by atoms with Crippen LogP contribution in [0.15, 0.2) is 35.5 Å². The van der Waals surface area contributed by atoms with Crippen LogP contribution in [0.25, 0.3) is 0 Å². The zero-order valence-electron chi connectivity index (χ0n) is 17.7. The van der Waals surface area contributed by atoms with Crippen molar-refractivity contribution >= 4 is 35.5 Å². The number of β-lactam (4-membered cyclic amide) rings is 1. The number of aliphatic carboxylic acids is 1. The second-order valence-corrected chi connectivity index (χ2v) is 9.43. The molecule has 170 valence electrons. The van der Waals surface area contributed by atoms with Crippen molar-refractivity contribution in [2.24, 2.45) is 0 Å². The van der Waals surface area contributed by atoms with E-state index in [4.69, 9.17) is 4.74 Å². The zero-order valence-corrected chi connectivity index (χ0v) is 18.5. The minimum absolute atomic E-state index is 0.0799. The van der Waals surface area contributed by atoms with Crippen LogP contribution in [-0.4, -0.2) is 73.2 Å². The van der Waals surface area contributed by atoms with Crippen LogP contribution in [0.4, 0.5) is 0 Å². The van der Waals surface area contributed by atoms with Gasteiger partial charge in [0.05, 0.1) is 5.66 Å². The summed E-state index contributed by atoms with van der Waals surface area (Å²) in [7, 11) is 0. The topological polar surface area (TPSA) is 136 Å². The van der Waals surface area contributed by atoms with Gasteiger partial charge in [-0.2, -0.15) is 0 Å². The third-order valence-electron chi connectivity index (χ3n) is 5.76. The SMILES string of the molecule is CC(=O)OCC1=C(C(=O)O)N2C(=O)[C@@H](N3C(=O)C(c4ccc(O)cc4)NC3(C)C)[C@H]2SC1. The van der Waals surface area contributed by atoms with E-state index in [1.165, 1.54) is 40.6 Å². The predicted octanol–water partition coefficient (Wildman–Crippen LogP) is 0.787. The van der Waals surface area contributed by atoms with E-state index in [-0.39, 0.29) is 29.7 Å². The molecule has 0 aliphatic carbocycles. The number of nitrogens with zero attached hydrogens (tertiary/aromatic N) is 2. The largest absolute Gasteiger partial charge is 0.508 e. The number of hydrogen-bond donors (Lipinski definition) is 3. The number of hydrogen-bond acceptors (Lipinski definition) is 8. The molecule has 1 aromatic rings. The van der Waals surface area contributed by atoms with E-state index in [0.717, 1.165) is 0 Å². The maximum absolute atomic E-state index is 13.4. The second kappa shape index (κ2) is 7.82. The number of thioether (sulfide) groups is 1. The van der Waals surface area contributed by atoms with Crippen LogP contribution < -0.4 is 5.32 Å². The van der Waals surface area contributed by atoms with Crippen LogP contribution in [0.3, 0.4) is 0 Å². The van der Waals surface area contributed by atoms with E-state index in [0.29, 0.717) is 11.1 Å². The molecule has 4 rings (SSSR count). The van der Waals surface area contributed by atoms with Crippen molar-refractivity contribution in [3.8, 4) is 5.75 Å². The molecule has 1 aromatic carbocycles. The van der Waals surface area contributed by atoms with E-state index in [1.54, 1.807) is 26.0 Å². The minimum Gasteiger partial charge on any atom is -0.508 e. The molecule has 0 aromatic heterocycles. The first kappa shape index (κ1) is 22.2. The van der Waals surface area contributed by atoms with Gasteiger partial charge in [0.25, 0.3) is 5.91 Å². The van der Waals surface area contributed by atoms with Crippen molar-refractivity contribution in [3.05, 3.63) is 41.1 Å². The number of benzene rings is 1. The first-order valence-electron chi connectivity index (χ1n) is 9.96. The first-order chi connectivity index (χ1) is 15.0. The molecule has 0 saturated carbocycles. The van der Waals surface area contributed by atoms with Crippen molar-refractivity contribution in [1.82, 2.24) is 15.1 Å². The van der Waals surface area contributed by atoms with Crippen molar-refractivity contribution in [1.29, 1.82) is 0 Å². The summed E-state index contributed by atoms with van der Waals surface area (Å²) in [6, 6.07) is 4.73. The Balaban J connectivity index is 1.61. The molecular weight excluding hydrogens is 438 g/mol. The molecule has 2 amide bonds. The summed E-state index contributed by atoms with van der Waals surface area (Å²) < 4.78 is 4.95. The Hall–Kier alpha value is -3.05. The Bertz CT molecular complexity index is 1040. The number of nitrogens with one attached hydrogen (secondary N) is 1. The van der Waals surface area contributed by atoms with E-state index < -0.39 is 41.0 Å². The van der Waals surface area contributed by atoms with Crippen LogP contribution in [0, 0.1) is 0 Å². The molecule has 10 nitrogen and oxygen atoms in total. The van der Waals surface area contributed by atoms with Crippen LogP contribution in [-0.2, 0) is 23.9 Å². The number of aromatic hydroxyl groups is 1. The van der Waals surface area contributed by atoms with Crippen molar-refractivity contribution in [3.63, 3.8) is 0 Å². The van der Waals surface area contributed by atoms with E-state index in [1.807, 2.05) is 0 Å². The van der Waals surface area contributed by atoms with Crippen molar-refractivity contribution in [2.45, 2.75) is 43.9 Å². The summed E-state index contributed by atoms with van der Waals surface area (Å²) in [5.41, 5.74) is -0.0627. The Morgan fingerprint density at radius 1 is 1.22 bits per heavy atom. The van der Waals surface area contributed by atoms with Gasteiger partial charge < -0.3 is 19.8 Å². The number of carbonyl (C=O) groups is 4. The Kier molecular flexibility index (Phi) is 5.41. The highest BCUT2D eigenvalue weighted by Gasteiger charge is 2.62. The summed E-state index contributed by atoms with van der Waals surface area (Å²) in [6.45, 7) is 4.59. The van der Waals surface area contributed by atoms with E-state index >= 15 is 0 Å². The number of esters is 1. The number of carboxylic acids is 1. The van der Waals surface area contributed by atoms with Crippen LogP contribution in [0.5, 0.6) is 5.75 Å². The molecule has 0 spiro atoms. The number of carboxylic acid groups (broad SMARTS) is 1. The second-order valence-electron chi connectivity index (χ2n) is 8.33.